The Bertz CT molecular complexity index is 295. The van der Waals surface area contributed by atoms with Crippen LogP contribution < -0.4 is 16.6 Å². The van der Waals surface area contributed by atoms with E-state index in [-0.39, 0.29) is 0 Å². The van der Waals surface area contributed by atoms with Crippen molar-refractivity contribution in [3.63, 3.8) is 0 Å². The zero-order chi connectivity index (χ0) is 11.4. The molecule has 0 saturated carbocycles. The van der Waals surface area contributed by atoms with Crippen LogP contribution >= 0.6 is 0 Å². The zero-order valence-electron chi connectivity index (χ0n) is 9.44. The van der Waals surface area contributed by atoms with Gasteiger partial charge in [-0.2, -0.15) is 0 Å². The van der Waals surface area contributed by atoms with Crippen molar-refractivity contribution < 1.29 is 0 Å². The summed E-state index contributed by atoms with van der Waals surface area (Å²) < 4.78 is 0. The maximum Gasteiger partial charge on any atom is 0.169 e. The van der Waals surface area contributed by atoms with Crippen molar-refractivity contribution in [2.45, 2.75) is 0 Å². The molecule has 0 radical (unpaired) electrons. The molecule has 1 aromatic heterocycles. The molecule has 0 atom stereocenters. The van der Waals surface area contributed by atoms with Crippen LogP contribution in [0.1, 0.15) is 0 Å². The number of anilines is 3. The Hall–Kier alpha value is -1.60. The molecule has 7 nitrogen and oxygen atoms in total. The first-order chi connectivity index (χ1) is 7.00. The molecule has 0 aliphatic heterocycles. The van der Waals surface area contributed by atoms with Gasteiger partial charge < -0.3 is 16.6 Å². The Morgan fingerprint density at radius 1 is 1.00 bits per heavy atom. The van der Waals surface area contributed by atoms with E-state index in [0.29, 0.717) is 17.3 Å². The molecule has 0 fully saturated rings. The largest absolute Gasteiger partial charge is 0.393 e. The minimum absolute atomic E-state index is 0.486. The van der Waals surface area contributed by atoms with Crippen LogP contribution in [0.3, 0.4) is 0 Å². The molecule has 0 aliphatic carbocycles. The third-order valence-corrected chi connectivity index (χ3v) is 1.54. The van der Waals surface area contributed by atoms with Crippen LogP contribution in [0.2, 0.25) is 0 Å². The molecule has 0 aliphatic rings. The van der Waals surface area contributed by atoms with Gasteiger partial charge in [-0.25, -0.2) is 20.0 Å². The minimum atomic E-state index is 0.486. The van der Waals surface area contributed by atoms with E-state index in [4.69, 9.17) is 5.73 Å². The van der Waals surface area contributed by atoms with Gasteiger partial charge in [0, 0.05) is 28.2 Å². The molecule has 1 rings (SSSR count). The summed E-state index contributed by atoms with van der Waals surface area (Å²) in [6.07, 6.45) is 1.45. The smallest absolute Gasteiger partial charge is 0.169 e. The summed E-state index contributed by atoms with van der Waals surface area (Å²) in [6.45, 7) is 0. The maximum atomic E-state index is 5.88. The molecule has 0 amide bonds. The second kappa shape index (κ2) is 4.76. The summed E-state index contributed by atoms with van der Waals surface area (Å²) in [5.41, 5.74) is 12.3. The number of hydrogen-bond donors (Lipinski definition) is 3. The Morgan fingerprint density at radius 3 is 1.73 bits per heavy atom. The summed E-state index contributed by atoms with van der Waals surface area (Å²) in [7, 11) is 7.45. The van der Waals surface area contributed by atoms with E-state index in [1.807, 2.05) is 28.2 Å². The third kappa shape index (κ3) is 3.22. The summed E-state index contributed by atoms with van der Waals surface area (Å²) in [4.78, 5) is 8.08. The van der Waals surface area contributed by atoms with Crippen LogP contribution in [-0.4, -0.2) is 48.2 Å². The average molecular weight is 211 g/mol. The van der Waals surface area contributed by atoms with Crippen molar-refractivity contribution in [2.75, 3.05) is 44.8 Å². The summed E-state index contributed by atoms with van der Waals surface area (Å²) >= 11 is 0. The van der Waals surface area contributed by atoms with Crippen LogP contribution in [0, 0.1) is 0 Å². The van der Waals surface area contributed by atoms with Crippen molar-refractivity contribution in [2.24, 2.45) is 0 Å². The Labute approximate surface area is 89.2 Å². The number of nitrogens with one attached hydrogen (secondary N) is 2. The van der Waals surface area contributed by atoms with E-state index in [0.717, 1.165) is 0 Å². The molecular weight excluding hydrogens is 194 g/mol. The van der Waals surface area contributed by atoms with E-state index in [1.165, 1.54) is 6.33 Å². The summed E-state index contributed by atoms with van der Waals surface area (Å²) in [5.74, 6) is 1.17. The van der Waals surface area contributed by atoms with Gasteiger partial charge >= 0.3 is 0 Å². The lowest BCUT2D eigenvalue weighted by atomic mass is 10.4. The normalized spacial score (nSPS) is 10.8. The van der Waals surface area contributed by atoms with Crippen molar-refractivity contribution >= 4 is 17.3 Å². The van der Waals surface area contributed by atoms with Gasteiger partial charge in [0.25, 0.3) is 0 Å². The van der Waals surface area contributed by atoms with E-state index in [2.05, 4.69) is 20.8 Å². The molecule has 0 spiro atoms. The minimum Gasteiger partial charge on any atom is -0.393 e. The fourth-order valence-electron chi connectivity index (χ4n) is 0.997. The third-order valence-electron chi connectivity index (χ3n) is 1.54. The molecule has 0 aromatic carbocycles. The molecule has 15 heavy (non-hydrogen) atoms. The molecule has 1 aromatic rings. The van der Waals surface area contributed by atoms with E-state index >= 15 is 0 Å². The van der Waals surface area contributed by atoms with Gasteiger partial charge in [0.2, 0.25) is 0 Å². The molecule has 7 heteroatoms. The van der Waals surface area contributed by atoms with Crippen LogP contribution in [0.15, 0.2) is 6.33 Å². The second-order valence-corrected chi connectivity index (χ2v) is 3.50. The highest BCUT2D eigenvalue weighted by Gasteiger charge is 2.08. The molecule has 0 bridgehead atoms. The van der Waals surface area contributed by atoms with Crippen molar-refractivity contribution in [1.82, 2.24) is 20.0 Å². The number of nitrogens with zero attached hydrogens (tertiary/aromatic N) is 4. The van der Waals surface area contributed by atoms with Crippen LogP contribution in [-0.2, 0) is 0 Å². The number of nitrogen functional groups attached to an aromatic ring is 1. The SMILES string of the molecule is CN(C)Nc1ncnc(NN(C)C)c1N. The highest BCUT2D eigenvalue weighted by molar-refractivity contribution is 5.73. The van der Waals surface area contributed by atoms with Gasteiger partial charge in [-0.15, -0.1) is 0 Å². The Balaban J connectivity index is 2.90. The average Bonchev–Trinajstić information content (AvgIpc) is 2.10. The predicted molar refractivity (Wildman–Crippen MR) is 61.1 cm³/mol. The number of hydrogen-bond acceptors (Lipinski definition) is 7. The molecule has 4 N–H and O–H groups in total. The van der Waals surface area contributed by atoms with Crippen LogP contribution in [0.25, 0.3) is 0 Å². The lowest BCUT2D eigenvalue weighted by Gasteiger charge is -2.18. The number of aromatic nitrogens is 2. The summed E-state index contributed by atoms with van der Waals surface area (Å²) in [5, 5.41) is 3.52. The molecule has 1 heterocycles. The van der Waals surface area contributed by atoms with Gasteiger partial charge in [-0.1, -0.05) is 0 Å². The van der Waals surface area contributed by atoms with Crippen LogP contribution in [0.5, 0.6) is 0 Å². The molecular formula is C8H17N7. The first-order valence-corrected chi connectivity index (χ1v) is 4.49. The zero-order valence-corrected chi connectivity index (χ0v) is 9.44. The maximum absolute atomic E-state index is 5.88. The Kier molecular flexibility index (Phi) is 3.64. The molecule has 0 unspecified atom stereocenters. The highest BCUT2D eigenvalue weighted by Crippen LogP contribution is 2.22. The standard InChI is InChI=1S/C8H17N7/c1-14(2)12-7-6(9)8(11-5-10-7)13-15(3)4/h5H,9H2,1-4H3,(H2,10,11,12,13). The number of nitrogens with two attached hydrogens (primary N) is 1. The molecule has 84 valence electrons. The quantitative estimate of drug-likeness (QED) is 0.597. The van der Waals surface area contributed by atoms with E-state index in [9.17, 15) is 0 Å². The fourth-order valence-corrected chi connectivity index (χ4v) is 0.997. The van der Waals surface area contributed by atoms with E-state index in [1.54, 1.807) is 10.0 Å². The van der Waals surface area contributed by atoms with Crippen LogP contribution in [0.4, 0.5) is 17.3 Å². The van der Waals surface area contributed by atoms with Crippen molar-refractivity contribution in [3.8, 4) is 0 Å². The van der Waals surface area contributed by atoms with Crippen molar-refractivity contribution in [1.29, 1.82) is 0 Å². The first kappa shape index (κ1) is 11.5. The highest BCUT2D eigenvalue weighted by atomic mass is 15.5. The molecule has 0 saturated heterocycles. The fraction of sp³-hybridized carbons (Fsp3) is 0.500. The van der Waals surface area contributed by atoms with Gasteiger partial charge in [-0.05, 0) is 0 Å². The monoisotopic (exact) mass is 211 g/mol. The topological polar surface area (TPSA) is 82.3 Å². The van der Waals surface area contributed by atoms with E-state index < -0.39 is 0 Å². The lowest BCUT2D eigenvalue weighted by molar-refractivity contribution is 0.488. The van der Waals surface area contributed by atoms with Gasteiger partial charge in [-0.3, -0.25) is 0 Å². The number of rotatable bonds is 4. The van der Waals surface area contributed by atoms with Gasteiger partial charge in [0.05, 0.1) is 0 Å². The lowest BCUT2D eigenvalue weighted by Crippen LogP contribution is -2.24. The Morgan fingerprint density at radius 2 is 1.40 bits per heavy atom. The summed E-state index contributed by atoms with van der Waals surface area (Å²) in [6, 6.07) is 0. The van der Waals surface area contributed by atoms with Crippen molar-refractivity contribution in [3.05, 3.63) is 6.33 Å². The predicted octanol–water partition coefficient (Wildman–Crippen LogP) is -0.164. The van der Waals surface area contributed by atoms with Gasteiger partial charge in [0.15, 0.2) is 11.6 Å². The number of hydrazine groups is 2. The first-order valence-electron chi connectivity index (χ1n) is 4.49. The van der Waals surface area contributed by atoms with Gasteiger partial charge in [0.1, 0.15) is 12.0 Å². The second-order valence-electron chi connectivity index (χ2n) is 3.50.